The van der Waals surface area contributed by atoms with E-state index in [9.17, 15) is 9.59 Å². The molecule has 26 heavy (non-hydrogen) atoms. The first-order valence-corrected chi connectivity index (χ1v) is 9.27. The Labute approximate surface area is 155 Å². The fourth-order valence-electron chi connectivity index (χ4n) is 2.51. The van der Waals surface area contributed by atoms with E-state index in [0.717, 1.165) is 17.7 Å². The second-order valence-corrected chi connectivity index (χ2v) is 6.72. The van der Waals surface area contributed by atoms with Crippen LogP contribution in [0.1, 0.15) is 5.56 Å². The second kappa shape index (κ2) is 8.53. The van der Waals surface area contributed by atoms with Crippen molar-refractivity contribution in [2.24, 2.45) is 0 Å². The van der Waals surface area contributed by atoms with Gasteiger partial charge in [-0.1, -0.05) is 60.3 Å². The third-order valence-electron chi connectivity index (χ3n) is 4.03. The number of benzene rings is 2. The number of nitrogens with zero attached hydrogens (tertiary/aromatic N) is 3. The van der Waals surface area contributed by atoms with E-state index in [-0.39, 0.29) is 17.3 Å². The van der Waals surface area contributed by atoms with E-state index >= 15 is 0 Å². The molecule has 0 aliphatic carbocycles. The van der Waals surface area contributed by atoms with Gasteiger partial charge in [0.05, 0.1) is 5.75 Å². The lowest BCUT2D eigenvalue weighted by Gasteiger charge is -2.16. The lowest BCUT2D eigenvalue weighted by atomic mass is 10.1. The number of rotatable bonds is 7. The van der Waals surface area contributed by atoms with Crippen molar-refractivity contribution in [2.45, 2.75) is 18.1 Å². The minimum Gasteiger partial charge on any atom is -0.315 e. The zero-order valence-electron chi connectivity index (χ0n) is 14.5. The number of H-pyrrole nitrogens is 1. The average molecular weight is 368 g/mol. The third kappa shape index (κ3) is 4.43. The van der Waals surface area contributed by atoms with Crippen molar-refractivity contribution < 1.29 is 4.79 Å². The Balaban J connectivity index is 1.62. The van der Waals surface area contributed by atoms with Crippen molar-refractivity contribution in [1.82, 2.24) is 14.8 Å². The normalized spacial score (nSPS) is 10.7. The van der Waals surface area contributed by atoms with Crippen LogP contribution >= 0.6 is 11.8 Å². The topological polar surface area (TPSA) is 71.0 Å². The fraction of sp³-hybridized carbons (Fsp3) is 0.211. The van der Waals surface area contributed by atoms with Crippen LogP contribution in [0.5, 0.6) is 0 Å². The zero-order valence-corrected chi connectivity index (χ0v) is 15.3. The molecule has 0 fully saturated rings. The van der Waals surface area contributed by atoms with Crippen molar-refractivity contribution in [3.05, 3.63) is 76.7 Å². The molecule has 1 N–H and O–H groups in total. The molecule has 0 radical (unpaired) electrons. The molecule has 0 saturated heterocycles. The van der Waals surface area contributed by atoms with Gasteiger partial charge in [0.2, 0.25) is 5.91 Å². The highest BCUT2D eigenvalue weighted by atomic mass is 32.2. The predicted octanol–water partition coefficient (Wildman–Crippen LogP) is 2.57. The van der Waals surface area contributed by atoms with Gasteiger partial charge in [0.15, 0.2) is 5.16 Å². The number of amides is 1. The summed E-state index contributed by atoms with van der Waals surface area (Å²) in [7, 11) is 1.74. The first-order valence-electron chi connectivity index (χ1n) is 8.28. The monoisotopic (exact) mass is 368 g/mol. The van der Waals surface area contributed by atoms with Gasteiger partial charge in [-0.25, -0.2) is 9.89 Å². The lowest BCUT2D eigenvalue weighted by Crippen LogP contribution is -2.28. The van der Waals surface area contributed by atoms with Crippen LogP contribution in [0.2, 0.25) is 0 Å². The molecule has 3 aromatic rings. The summed E-state index contributed by atoms with van der Waals surface area (Å²) in [5.74, 6) is 0.160. The summed E-state index contributed by atoms with van der Waals surface area (Å²) in [4.78, 5) is 26.0. The number of aromatic amines is 1. The Kier molecular flexibility index (Phi) is 5.91. The van der Waals surface area contributed by atoms with E-state index in [4.69, 9.17) is 0 Å². The molecular formula is C19H20N4O2S. The number of nitrogens with one attached hydrogen (secondary N) is 1. The molecule has 0 spiro atoms. The molecule has 1 aromatic heterocycles. The van der Waals surface area contributed by atoms with Gasteiger partial charge in [0.25, 0.3) is 0 Å². The van der Waals surface area contributed by atoms with Crippen molar-refractivity contribution >= 4 is 23.4 Å². The summed E-state index contributed by atoms with van der Waals surface area (Å²) in [6, 6.07) is 19.4. The van der Waals surface area contributed by atoms with Crippen LogP contribution < -0.4 is 10.6 Å². The molecule has 0 bridgehead atoms. The highest BCUT2D eigenvalue weighted by molar-refractivity contribution is 7.99. The maximum Gasteiger partial charge on any atom is 0.343 e. The Bertz CT molecular complexity index is 906. The number of thioether (sulfide) groups is 1. The van der Waals surface area contributed by atoms with Gasteiger partial charge in [-0.2, -0.15) is 0 Å². The van der Waals surface area contributed by atoms with Crippen molar-refractivity contribution in [3.8, 4) is 0 Å². The van der Waals surface area contributed by atoms with Crippen LogP contribution in [0.15, 0.2) is 70.6 Å². The summed E-state index contributed by atoms with van der Waals surface area (Å²) in [5, 5.41) is 7.05. The van der Waals surface area contributed by atoms with Crippen LogP contribution in [0.4, 0.5) is 5.69 Å². The third-order valence-corrected chi connectivity index (χ3v) is 4.99. The number of anilines is 1. The number of carbonyl (C=O) groups excluding carboxylic acids is 1. The van der Waals surface area contributed by atoms with Crippen molar-refractivity contribution in [3.63, 3.8) is 0 Å². The molecule has 0 aliphatic heterocycles. The van der Waals surface area contributed by atoms with Gasteiger partial charge < -0.3 is 4.90 Å². The number of para-hydroxylation sites is 1. The largest absolute Gasteiger partial charge is 0.343 e. The first kappa shape index (κ1) is 18.0. The molecular weight excluding hydrogens is 348 g/mol. The highest BCUT2D eigenvalue weighted by Gasteiger charge is 2.15. The van der Waals surface area contributed by atoms with Crippen molar-refractivity contribution in [1.29, 1.82) is 0 Å². The number of aromatic nitrogens is 3. The quantitative estimate of drug-likeness (QED) is 0.651. The predicted molar refractivity (Wildman–Crippen MR) is 104 cm³/mol. The molecule has 0 saturated carbocycles. The van der Waals surface area contributed by atoms with Gasteiger partial charge >= 0.3 is 5.69 Å². The standard InChI is InChI=1S/C19H20N4O2S/c1-22(16-10-6-3-7-11-16)17(24)14-26-19-21-20-18(25)23(19)13-12-15-8-4-2-5-9-15/h2-11H,12-14H2,1H3,(H,20,25). The molecule has 0 atom stereocenters. The van der Waals surface area contributed by atoms with E-state index in [0.29, 0.717) is 11.7 Å². The maximum atomic E-state index is 12.4. The molecule has 1 amide bonds. The number of aryl methyl sites for hydroxylation is 1. The van der Waals surface area contributed by atoms with E-state index < -0.39 is 0 Å². The smallest absolute Gasteiger partial charge is 0.315 e. The van der Waals surface area contributed by atoms with Crippen LogP contribution in [0.3, 0.4) is 0 Å². The molecule has 2 aromatic carbocycles. The molecule has 134 valence electrons. The van der Waals surface area contributed by atoms with Gasteiger partial charge in [0, 0.05) is 19.3 Å². The molecule has 3 rings (SSSR count). The Hall–Kier alpha value is -2.80. The van der Waals surface area contributed by atoms with E-state index in [2.05, 4.69) is 10.2 Å². The fourth-order valence-corrected chi connectivity index (χ4v) is 3.40. The summed E-state index contributed by atoms with van der Waals surface area (Å²) < 4.78 is 1.58. The number of hydrogen-bond acceptors (Lipinski definition) is 4. The minimum absolute atomic E-state index is 0.0498. The van der Waals surface area contributed by atoms with E-state index in [1.54, 1.807) is 16.5 Å². The molecule has 0 aliphatic rings. The van der Waals surface area contributed by atoms with Crippen LogP contribution in [0, 0.1) is 0 Å². The number of hydrogen-bond donors (Lipinski definition) is 1. The Morgan fingerprint density at radius 2 is 1.77 bits per heavy atom. The molecule has 0 unspecified atom stereocenters. The van der Waals surface area contributed by atoms with Crippen LogP contribution in [-0.2, 0) is 17.8 Å². The van der Waals surface area contributed by atoms with Gasteiger partial charge in [-0.3, -0.25) is 9.36 Å². The van der Waals surface area contributed by atoms with Crippen molar-refractivity contribution in [2.75, 3.05) is 17.7 Å². The van der Waals surface area contributed by atoms with Crippen LogP contribution in [-0.4, -0.2) is 33.5 Å². The SMILES string of the molecule is CN(C(=O)CSc1n[nH]c(=O)n1CCc1ccccc1)c1ccccc1. The van der Waals surface area contributed by atoms with E-state index in [1.807, 2.05) is 60.7 Å². The lowest BCUT2D eigenvalue weighted by molar-refractivity contribution is -0.115. The Morgan fingerprint density at radius 1 is 1.12 bits per heavy atom. The number of carbonyl (C=O) groups is 1. The van der Waals surface area contributed by atoms with Gasteiger partial charge in [0.1, 0.15) is 0 Å². The summed E-state index contributed by atoms with van der Waals surface area (Å²) in [6.45, 7) is 0.518. The average Bonchev–Trinajstić information content (AvgIpc) is 3.05. The molecule has 7 heteroatoms. The molecule has 1 heterocycles. The summed E-state index contributed by atoms with van der Waals surface area (Å²) >= 11 is 1.26. The zero-order chi connectivity index (χ0) is 18.4. The second-order valence-electron chi connectivity index (χ2n) is 5.78. The van der Waals surface area contributed by atoms with Gasteiger partial charge in [-0.15, -0.1) is 5.10 Å². The Morgan fingerprint density at radius 3 is 2.46 bits per heavy atom. The highest BCUT2D eigenvalue weighted by Crippen LogP contribution is 2.17. The first-order chi connectivity index (χ1) is 12.6. The van der Waals surface area contributed by atoms with Crippen LogP contribution in [0.25, 0.3) is 0 Å². The van der Waals surface area contributed by atoms with Gasteiger partial charge in [-0.05, 0) is 24.1 Å². The molecule has 6 nitrogen and oxygen atoms in total. The maximum absolute atomic E-state index is 12.4. The summed E-state index contributed by atoms with van der Waals surface area (Å²) in [6.07, 6.45) is 0.728. The minimum atomic E-state index is -0.257. The summed E-state index contributed by atoms with van der Waals surface area (Å²) in [5.41, 5.74) is 1.73. The van der Waals surface area contributed by atoms with E-state index in [1.165, 1.54) is 11.8 Å².